The minimum atomic E-state index is -0.909. The molecule has 0 spiro atoms. The van der Waals surface area contributed by atoms with Crippen molar-refractivity contribution in [2.24, 2.45) is 0 Å². The summed E-state index contributed by atoms with van der Waals surface area (Å²) in [7, 11) is 0. The SMILES string of the molecule is Cc1cc(CCOCC(=O)O)c(C)n1C1CC1. The van der Waals surface area contributed by atoms with Crippen LogP contribution in [0, 0.1) is 13.8 Å². The number of nitrogens with zero attached hydrogens (tertiary/aromatic N) is 1. The summed E-state index contributed by atoms with van der Waals surface area (Å²) in [6.45, 7) is 4.54. The van der Waals surface area contributed by atoms with Crippen LogP contribution in [0.3, 0.4) is 0 Å². The quantitative estimate of drug-likeness (QED) is 0.771. The first-order valence-electron chi connectivity index (χ1n) is 6.06. The normalized spacial score (nSPS) is 15.2. The van der Waals surface area contributed by atoms with Crippen molar-refractivity contribution in [2.45, 2.75) is 39.2 Å². The fourth-order valence-corrected chi connectivity index (χ4v) is 2.33. The number of hydrogen-bond donors (Lipinski definition) is 1. The van der Waals surface area contributed by atoms with Gasteiger partial charge >= 0.3 is 5.97 Å². The van der Waals surface area contributed by atoms with Gasteiger partial charge in [-0.1, -0.05) is 0 Å². The minimum Gasteiger partial charge on any atom is -0.480 e. The van der Waals surface area contributed by atoms with Gasteiger partial charge in [-0.05, 0) is 44.7 Å². The highest BCUT2D eigenvalue weighted by Crippen LogP contribution is 2.38. The van der Waals surface area contributed by atoms with Crippen molar-refractivity contribution < 1.29 is 14.6 Å². The van der Waals surface area contributed by atoms with E-state index in [0.717, 1.165) is 6.42 Å². The van der Waals surface area contributed by atoms with E-state index in [1.807, 2.05) is 0 Å². The van der Waals surface area contributed by atoms with Crippen molar-refractivity contribution in [1.29, 1.82) is 0 Å². The summed E-state index contributed by atoms with van der Waals surface area (Å²) in [5.74, 6) is -0.909. The van der Waals surface area contributed by atoms with Gasteiger partial charge in [0, 0.05) is 17.4 Å². The standard InChI is InChI=1S/C13H19NO3/c1-9-7-11(5-6-17-8-13(15)16)10(2)14(9)12-3-4-12/h7,12H,3-6,8H2,1-2H3,(H,15,16). The Kier molecular flexibility index (Phi) is 3.52. The number of rotatable bonds is 6. The molecule has 1 fully saturated rings. The van der Waals surface area contributed by atoms with E-state index >= 15 is 0 Å². The lowest BCUT2D eigenvalue weighted by molar-refractivity contribution is -0.142. The van der Waals surface area contributed by atoms with Gasteiger partial charge in [0.1, 0.15) is 6.61 Å². The first-order chi connectivity index (χ1) is 8.09. The number of carboxylic acids is 1. The third-order valence-electron chi connectivity index (χ3n) is 3.24. The summed E-state index contributed by atoms with van der Waals surface area (Å²) in [4.78, 5) is 10.3. The number of hydrogen-bond acceptors (Lipinski definition) is 2. The molecular weight excluding hydrogens is 218 g/mol. The van der Waals surface area contributed by atoms with Crippen LogP contribution in [0.2, 0.25) is 0 Å². The topological polar surface area (TPSA) is 51.5 Å². The average Bonchev–Trinajstić information content (AvgIpc) is 3.02. The molecule has 0 aromatic carbocycles. The van der Waals surface area contributed by atoms with Gasteiger partial charge in [-0.25, -0.2) is 4.79 Å². The zero-order valence-corrected chi connectivity index (χ0v) is 10.4. The van der Waals surface area contributed by atoms with E-state index in [2.05, 4.69) is 24.5 Å². The zero-order chi connectivity index (χ0) is 12.4. The number of carboxylic acid groups (broad SMARTS) is 1. The van der Waals surface area contributed by atoms with Crippen LogP contribution in [0.4, 0.5) is 0 Å². The summed E-state index contributed by atoms with van der Waals surface area (Å²) >= 11 is 0. The lowest BCUT2D eigenvalue weighted by atomic mass is 10.2. The molecule has 1 aliphatic carbocycles. The Morgan fingerprint density at radius 3 is 2.82 bits per heavy atom. The third kappa shape index (κ3) is 2.88. The number of aryl methyl sites for hydroxylation is 1. The van der Waals surface area contributed by atoms with E-state index in [-0.39, 0.29) is 6.61 Å². The summed E-state index contributed by atoms with van der Waals surface area (Å²) in [5, 5.41) is 8.47. The molecule has 1 N–H and O–H groups in total. The Hall–Kier alpha value is -1.29. The largest absolute Gasteiger partial charge is 0.480 e. The van der Waals surface area contributed by atoms with E-state index in [4.69, 9.17) is 9.84 Å². The molecule has 4 heteroatoms. The highest BCUT2D eigenvalue weighted by Gasteiger charge is 2.26. The van der Waals surface area contributed by atoms with Crippen LogP contribution in [0.1, 0.15) is 35.8 Å². The van der Waals surface area contributed by atoms with E-state index in [1.54, 1.807) is 0 Å². The molecule has 1 aromatic rings. The second-order valence-electron chi connectivity index (χ2n) is 4.69. The predicted octanol–water partition coefficient (Wildman–Crippen LogP) is 2.08. The molecule has 1 aromatic heterocycles. The Morgan fingerprint density at radius 2 is 2.24 bits per heavy atom. The highest BCUT2D eigenvalue weighted by molar-refractivity contribution is 5.67. The molecule has 0 atom stereocenters. The number of carbonyl (C=O) groups is 1. The van der Waals surface area contributed by atoms with Crippen molar-refractivity contribution >= 4 is 5.97 Å². The summed E-state index contributed by atoms with van der Waals surface area (Å²) in [6, 6.07) is 2.89. The van der Waals surface area contributed by atoms with Crippen molar-refractivity contribution in [2.75, 3.05) is 13.2 Å². The Morgan fingerprint density at radius 1 is 1.53 bits per heavy atom. The van der Waals surface area contributed by atoms with Crippen LogP contribution < -0.4 is 0 Å². The van der Waals surface area contributed by atoms with E-state index in [1.165, 1.54) is 29.8 Å². The van der Waals surface area contributed by atoms with Gasteiger partial charge in [-0.15, -0.1) is 0 Å². The molecule has 0 aliphatic heterocycles. The lowest BCUT2D eigenvalue weighted by Crippen LogP contribution is -2.09. The first-order valence-corrected chi connectivity index (χ1v) is 6.06. The molecule has 0 amide bonds. The molecule has 1 saturated carbocycles. The van der Waals surface area contributed by atoms with Crippen LogP contribution in [0.5, 0.6) is 0 Å². The summed E-state index contributed by atoms with van der Waals surface area (Å²) < 4.78 is 7.47. The second-order valence-corrected chi connectivity index (χ2v) is 4.69. The maximum Gasteiger partial charge on any atom is 0.329 e. The maximum atomic E-state index is 10.3. The molecular formula is C13H19NO3. The maximum absolute atomic E-state index is 10.3. The van der Waals surface area contributed by atoms with Gasteiger partial charge in [-0.3, -0.25) is 0 Å². The molecule has 94 valence electrons. The molecule has 0 saturated heterocycles. The molecule has 2 rings (SSSR count). The molecule has 4 nitrogen and oxygen atoms in total. The number of aromatic nitrogens is 1. The average molecular weight is 237 g/mol. The Bertz CT molecular complexity index is 419. The van der Waals surface area contributed by atoms with Gasteiger partial charge in [0.15, 0.2) is 0 Å². The van der Waals surface area contributed by atoms with Crippen LogP contribution in [0.25, 0.3) is 0 Å². The number of ether oxygens (including phenoxy) is 1. The zero-order valence-electron chi connectivity index (χ0n) is 10.4. The fraction of sp³-hybridized carbons (Fsp3) is 0.615. The monoisotopic (exact) mass is 237 g/mol. The van der Waals surface area contributed by atoms with E-state index in [0.29, 0.717) is 12.6 Å². The summed E-state index contributed by atoms with van der Waals surface area (Å²) in [6.07, 6.45) is 3.36. The second kappa shape index (κ2) is 4.92. The van der Waals surface area contributed by atoms with Gasteiger partial charge in [-0.2, -0.15) is 0 Å². The lowest BCUT2D eigenvalue weighted by Gasteiger charge is -2.07. The molecule has 0 radical (unpaired) electrons. The molecule has 0 unspecified atom stereocenters. The van der Waals surface area contributed by atoms with Crippen LogP contribution in [0.15, 0.2) is 6.07 Å². The highest BCUT2D eigenvalue weighted by atomic mass is 16.5. The van der Waals surface area contributed by atoms with E-state index < -0.39 is 5.97 Å². The third-order valence-corrected chi connectivity index (χ3v) is 3.24. The fourth-order valence-electron chi connectivity index (χ4n) is 2.33. The van der Waals surface area contributed by atoms with Crippen molar-refractivity contribution in [3.8, 4) is 0 Å². The smallest absolute Gasteiger partial charge is 0.329 e. The molecule has 1 heterocycles. The van der Waals surface area contributed by atoms with Crippen LogP contribution >= 0.6 is 0 Å². The van der Waals surface area contributed by atoms with Gasteiger partial charge in [0.2, 0.25) is 0 Å². The first kappa shape index (κ1) is 12.2. The Balaban J connectivity index is 1.92. The van der Waals surface area contributed by atoms with E-state index in [9.17, 15) is 4.79 Å². The predicted molar refractivity (Wildman–Crippen MR) is 64.3 cm³/mol. The van der Waals surface area contributed by atoms with Crippen molar-refractivity contribution in [3.05, 3.63) is 23.0 Å². The number of aliphatic carboxylic acids is 1. The van der Waals surface area contributed by atoms with Crippen molar-refractivity contribution in [3.63, 3.8) is 0 Å². The molecule has 1 aliphatic rings. The molecule has 0 bridgehead atoms. The molecule has 17 heavy (non-hydrogen) atoms. The Labute approximate surface area is 101 Å². The van der Waals surface area contributed by atoms with Crippen LogP contribution in [-0.2, 0) is 16.0 Å². The summed E-state index contributed by atoms with van der Waals surface area (Å²) in [5.41, 5.74) is 3.89. The van der Waals surface area contributed by atoms with Gasteiger partial charge in [0.05, 0.1) is 6.61 Å². The minimum absolute atomic E-state index is 0.207. The van der Waals surface area contributed by atoms with Crippen molar-refractivity contribution in [1.82, 2.24) is 4.57 Å². The van der Waals surface area contributed by atoms with Crippen LogP contribution in [-0.4, -0.2) is 28.9 Å². The van der Waals surface area contributed by atoms with Gasteiger partial charge < -0.3 is 14.4 Å². The van der Waals surface area contributed by atoms with Gasteiger partial charge in [0.25, 0.3) is 0 Å².